The van der Waals surface area contributed by atoms with Crippen LogP contribution in [-0.2, 0) is 19.1 Å². The van der Waals surface area contributed by atoms with E-state index in [0.717, 1.165) is 13.0 Å². The van der Waals surface area contributed by atoms with Gasteiger partial charge >= 0.3 is 11.9 Å². The van der Waals surface area contributed by atoms with Crippen LogP contribution < -0.4 is 0 Å². The summed E-state index contributed by atoms with van der Waals surface area (Å²) in [5, 5.41) is 35.1. The zero-order valence-electron chi connectivity index (χ0n) is 12.4. The van der Waals surface area contributed by atoms with E-state index in [9.17, 15) is 19.8 Å². The van der Waals surface area contributed by atoms with E-state index in [0.29, 0.717) is 32.3 Å². The van der Waals surface area contributed by atoms with Gasteiger partial charge in [0.15, 0.2) is 5.79 Å². The van der Waals surface area contributed by atoms with Gasteiger partial charge in [0.1, 0.15) is 0 Å². The number of rotatable bonds is 10. The second kappa shape index (κ2) is 9.04. The largest absolute Gasteiger partial charge is 0.481 e. The minimum atomic E-state index is -1.55. The molecule has 0 bridgehead atoms. The molecule has 2 heterocycles. The first-order chi connectivity index (χ1) is 10.3. The van der Waals surface area contributed by atoms with Gasteiger partial charge in [-0.1, -0.05) is 0 Å². The van der Waals surface area contributed by atoms with Gasteiger partial charge in [-0.2, -0.15) is 0 Å². The fraction of sp³-hybridized carbons (Fsp3) is 0.857. The van der Waals surface area contributed by atoms with Crippen molar-refractivity contribution in [1.82, 2.24) is 0 Å². The number of hydrogen-bond donors (Lipinski definition) is 4. The molecule has 0 aromatic carbocycles. The highest BCUT2D eigenvalue weighted by Gasteiger charge is 2.36. The van der Waals surface area contributed by atoms with Crippen molar-refractivity contribution in [2.75, 3.05) is 13.2 Å². The lowest BCUT2D eigenvalue weighted by molar-refractivity contribution is -0.174. The van der Waals surface area contributed by atoms with Gasteiger partial charge in [-0.15, -0.1) is 0 Å². The molecular weight excluding hydrogens is 296 g/mol. The van der Waals surface area contributed by atoms with Crippen molar-refractivity contribution in [2.45, 2.75) is 62.9 Å². The number of carboxylic acid groups (broad SMARTS) is 2. The van der Waals surface area contributed by atoms with E-state index in [1.165, 1.54) is 0 Å². The zero-order valence-corrected chi connectivity index (χ0v) is 12.4. The van der Waals surface area contributed by atoms with Crippen LogP contribution in [0.15, 0.2) is 0 Å². The number of aliphatic carboxylic acids is 2. The van der Waals surface area contributed by atoms with Gasteiger partial charge in [0.25, 0.3) is 0 Å². The molecule has 2 aliphatic heterocycles. The molecule has 2 rings (SSSR count). The lowest BCUT2D eigenvalue weighted by Crippen LogP contribution is -2.30. The van der Waals surface area contributed by atoms with Gasteiger partial charge in [-0.25, -0.2) is 0 Å². The summed E-state index contributed by atoms with van der Waals surface area (Å²) in [5.41, 5.74) is 0. The predicted molar refractivity (Wildman–Crippen MR) is 74.2 cm³/mol. The van der Waals surface area contributed by atoms with E-state index in [-0.39, 0.29) is 25.0 Å². The molecule has 22 heavy (non-hydrogen) atoms. The molecule has 0 aromatic rings. The number of ether oxygens (including phenoxy) is 2. The fourth-order valence-corrected chi connectivity index (χ4v) is 1.83. The van der Waals surface area contributed by atoms with Crippen LogP contribution in [0.5, 0.6) is 0 Å². The van der Waals surface area contributed by atoms with Crippen LogP contribution in [0.25, 0.3) is 0 Å². The van der Waals surface area contributed by atoms with Crippen molar-refractivity contribution in [2.24, 2.45) is 0 Å². The molecule has 0 aromatic heterocycles. The summed E-state index contributed by atoms with van der Waals surface area (Å²) < 4.78 is 9.89. The topological polar surface area (TPSA) is 140 Å². The van der Waals surface area contributed by atoms with Crippen LogP contribution in [-0.4, -0.2) is 63.6 Å². The lowest BCUT2D eigenvalue weighted by atomic mass is 10.0. The fourth-order valence-electron chi connectivity index (χ4n) is 1.83. The summed E-state index contributed by atoms with van der Waals surface area (Å²) in [6.45, 7) is 1.44. The van der Waals surface area contributed by atoms with Crippen LogP contribution in [0.4, 0.5) is 0 Å². The summed E-state index contributed by atoms with van der Waals surface area (Å²) in [6, 6.07) is 0. The summed E-state index contributed by atoms with van der Waals surface area (Å²) in [6.07, 6.45) is 2.81. The lowest BCUT2D eigenvalue weighted by Gasteiger charge is -2.19. The minimum absolute atomic E-state index is 0.0628. The Morgan fingerprint density at radius 3 is 1.77 bits per heavy atom. The van der Waals surface area contributed by atoms with Crippen molar-refractivity contribution in [3.8, 4) is 0 Å². The monoisotopic (exact) mass is 320 g/mol. The Morgan fingerprint density at radius 1 is 0.955 bits per heavy atom. The second-order valence-corrected chi connectivity index (χ2v) is 5.63. The van der Waals surface area contributed by atoms with E-state index < -0.39 is 17.7 Å². The normalized spacial score (nSPS) is 22.5. The van der Waals surface area contributed by atoms with Crippen LogP contribution in [0.2, 0.25) is 0 Å². The maximum atomic E-state index is 9.90. The summed E-state index contributed by atoms with van der Waals surface area (Å²) in [5.74, 6) is -3.29. The average molecular weight is 320 g/mol. The van der Waals surface area contributed by atoms with Crippen LogP contribution in [0, 0.1) is 0 Å². The first-order valence-electron chi connectivity index (χ1n) is 7.40. The number of epoxide rings is 2. The molecule has 2 saturated heterocycles. The summed E-state index contributed by atoms with van der Waals surface area (Å²) in [4.78, 5) is 19.8. The first kappa shape index (κ1) is 18.8. The highest BCUT2D eigenvalue weighted by Crippen LogP contribution is 2.27. The smallest absolute Gasteiger partial charge is 0.303 e. The second-order valence-electron chi connectivity index (χ2n) is 5.63. The molecule has 2 atom stereocenters. The SMILES string of the molecule is O=C(O)CCCCC(=O)O.OC(O)(CCC1CO1)CC1CO1. The third kappa shape index (κ3) is 11.4. The molecule has 0 spiro atoms. The number of aliphatic hydroxyl groups is 2. The Kier molecular flexibility index (Phi) is 7.74. The molecule has 4 N–H and O–H groups in total. The Hall–Kier alpha value is -1.22. The Labute approximate surface area is 128 Å². The van der Waals surface area contributed by atoms with Crippen LogP contribution in [0.1, 0.15) is 44.9 Å². The number of carbonyl (C=O) groups is 2. The van der Waals surface area contributed by atoms with E-state index >= 15 is 0 Å². The number of hydrogen-bond acceptors (Lipinski definition) is 6. The maximum absolute atomic E-state index is 9.90. The van der Waals surface area contributed by atoms with Crippen molar-refractivity contribution in [1.29, 1.82) is 0 Å². The van der Waals surface area contributed by atoms with Gasteiger partial charge in [0, 0.05) is 25.7 Å². The minimum Gasteiger partial charge on any atom is -0.481 e. The van der Waals surface area contributed by atoms with Gasteiger partial charge in [0.05, 0.1) is 25.4 Å². The quantitative estimate of drug-likeness (QED) is 0.257. The zero-order chi connectivity index (χ0) is 16.6. The Balaban J connectivity index is 0.000000225. The molecule has 0 saturated carbocycles. The Bertz CT molecular complexity index is 344. The van der Waals surface area contributed by atoms with Gasteiger partial charge in [-0.05, 0) is 19.3 Å². The molecule has 128 valence electrons. The molecule has 2 aliphatic rings. The molecule has 2 unspecified atom stereocenters. The molecule has 8 nitrogen and oxygen atoms in total. The Morgan fingerprint density at radius 2 is 1.41 bits per heavy atom. The van der Waals surface area contributed by atoms with Crippen LogP contribution >= 0.6 is 0 Å². The molecule has 0 amide bonds. The maximum Gasteiger partial charge on any atom is 0.303 e. The van der Waals surface area contributed by atoms with E-state index in [4.69, 9.17) is 19.7 Å². The van der Waals surface area contributed by atoms with Crippen molar-refractivity contribution in [3.05, 3.63) is 0 Å². The number of carboxylic acids is 2. The summed E-state index contributed by atoms with van der Waals surface area (Å²) in [7, 11) is 0. The number of unbranched alkanes of at least 4 members (excludes halogenated alkanes) is 1. The molecular formula is C14H24O8. The first-order valence-corrected chi connectivity index (χ1v) is 7.40. The standard InChI is InChI=1S/C8H14O4.C6H10O4/c9-8(10,3-7-5-12-7)2-1-6-4-11-6;7-5(8)3-1-2-4-6(9)10/h6-7,9-10H,1-5H2;1-4H2,(H,7,8)(H,9,10). The third-order valence-corrected chi connectivity index (χ3v) is 3.26. The van der Waals surface area contributed by atoms with Gasteiger partial charge < -0.3 is 29.9 Å². The van der Waals surface area contributed by atoms with Crippen molar-refractivity contribution >= 4 is 11.9 Å². The third-order valence-electron chi connectivity index (χ3n) is 3.26. The molecule has 2 fully saturated rings. The molecule has 8 heteroatoms. The highest BCUT2D eigenvalue weighted by atomic mass is 16.6. The highest BCUT2D eigenvalue weighted by molar-refractivity contribution is 5.67. The summed E-state index contributed by atoms with van der Waals surface area (Å²) >= 11 is 0. The predicted octanol–water partition coefficient (Wildman–Crippen LogP) is 0.351. The van der Waals surface area contributed by atoms with E-state index in [1.54, 1.807) is 0 Å². The van der Waals surface area contributed by atoms with Crippen molar-refractivity contribution < 1.29 is 39.5 Å². The molecule has 0 radical (unpaired) electrons. The van der Waals surface area contributed by atoms with Crippen molar-refractivity contribution in [3.63, 3.8) is 0 Å². The van der Waals surface area contributed by atoms with Crippen LogP contribution in [0.3, 0.4) is 0 Å². The van der Waals surface area contributed by atoms with E-state index in [1.807, 2.05) is 0 Å². The van der Waals surface area contributed by atoms with Gasteiger partial charge in [-0.3, -0.25) is 9.59 Å². The van der Waals surface area contributed by atoms with Gasteiger partial charge in [0.2, 0.25) is 0 Å². The average Bonchev–Trinajstić information content (AvgIpc) is 3.27. The van der Waals surface area contributed by atoms with E-state index in [2.05, 4.69) is 0 Å². The molecule has 0 aliphatic carbocycles.